The van der Waals surface area contributed by atoms with Crippen LogP contribution in [0.4, 0.5) is 17.1 Å². The van der Waals surface area contributed by atoms with Crippen molar-refractivity contribution < 1.29 is 0 Å². The zero-order valence-electron chi connectivity index (χ0n) is 35.7. The third-order valence-corrected chi connectivity index (χ3v) is 18.3. The highest BCUT2D eigenvalue weighted by Crippen LogP contribution is 2.90. The molecule has 5 aromatic rings. The molecule has 2 bridgehead atoms. The minimum atomic E-state index is 0.132. The maximum atomic E-state index is 2.64. The molecule has 1 nitrogen and oxygen atoms in total. The second-order valence-electron chi connectivity index (χ2n) is 22.7. The first-order valence-electron chi connectivity index (χ1n) is 22.6. The Bertz CT molecular complexity index is 2450. The molecule has 290 valence electrons. The van der Waals surface area contributed by atoms with Gasteiger partial charge in [-0.3, -0.25) is 0 Å². The van der Waals surface area contributed by atoms with E-state index in [0.29, 0.717) is 5.41 Å². The second kappa shape index (κ2) is 10.9. The van der Waals surface area contributed by atoms with Gasteiger partial charge in [0.25, 0.3) is 0 Å². The van der Waals surface area contributed by atoms with Crippen LogP contribution in [0.5, 0.6) is 0 Å². The van der Waals surface area contributed by atoms with Gasteiger partial charge in [0, 0.05) is 22.5 Å². The van der Waals surface area contributed by atoms with Crippen molar-refractivity contribution >= 4 is 17.1 Å². The van der Waals surface area contributed by atoms with Crippen molar-refractivity contribution in [3.05, 3.63) is 137 Å². The van der Waals surface area contributed by atoms with Crippen LogP contribution in [0.3, 0.4) is 0 Å². The van der Waals surface area contributed by atoms with Crippen molar-refractivity contribution in [2.24, 2.45) is 29.1 Å². The van der Waals surface area contributed by atoms with Gasteiger partial charge >= 0.3 is 0 Å². The van der Waals surface area contributed by atoms with Gasteiger partial charge in [0.05, 0.1) is 0 Å². The van der Waals surface area contributed by atoms with E-state index in [1.807, 2.05) is 0 Å². The molecule has 57 heavy (non-hydrogen) atoms. The summed E-state index contributed by atoms with van der Waals surface area (Å²) in [6.45, 7) is 19.7. The van der Waals surface area contributed by atoms with Gasteiger partial charge in [0.15, 0.2) is 0 Å². The van der Waals surface area contributed by atoms with E-state index in [1.165, 1.54) is 113 Å². The van der Waals surface area contributed by atoms with Crippen LogP contribution in [0.2, 0.25) is 0 Å². The predicted molar refractivity (Wildman–Crippen MR) is 238 cm³/mol. The summed E-state index contributed by atoms with van der Waals surface area (Å²) in [5, 5.41) is 0. The van der Waals surface area contributed by atoms with Gasteiger partial charge in [-0.1, -0.05) is 122 Å². The van der Waals surface area contributed by atoms with Gasteiger partial charge in [0.2, 0.25) is 0 Å². The summed E-state index contributed by atoms with van der Waals surface area (Å²) < 4.78 is 0. The van der Waals surface area contributed by atoms with Gasteiger partial charge < -0.3 is 4.90 Å². The lowest BCUT2D eigenvalue weighted by atomic mass is 9.26. The molecule has 4 saturated carbocycles. The van der Waals surface area contributed by atoms with E-state index in [0.717, 1.165) is 23.7 Å². The van der Waals surface area contributed by atoms with Crippen LogP contribution < -0.4 is 4.90 Å². The van der Waals surface area contributed by atoms with Crippen molar-refractivity contribution in [2.45, 2.75) is 134 Å². The lowest BCUT2D eigenvalue weighted by Crippen LogP contribution is -2.73. The third kappa shape index (κ3) is 4.27. The minimum absolute atomic E-state index is 0.132. The summed E-state index contributed by atoms with van der Waals surface area (Å²) in [7, 11) is 0. The van der Waals surface area contributed by atoms with Crippen LogP contribution >= 0.6 is 0 Å². The van der Waals surface area contributed by atoms with Crippen molar-refractivity contribution in [3.63, 3.8) is 0 Å². The van der Waals surface area contributed by atoms with E-state index in [4.69, 9.17) is 0 Å². The van der Waals surface area contributed by atoms with Crippen LogP contribution in [-0.4, -0.2) is 0 Å². The molecule has 0 amide bonds. The Morgan fingerprint density at radius 1 is 0.456 bits per heavy atom. The van der Waals surface area contributed by atoms with E-state index in [1.54, 1.807) is 11.1 Å². The van der Waals surface area contributed by atoms with Gasteiger partial charge in [-0.15, -0.1) is 0 Å². The number of anilines is 3. The highest BCUT2D eigenvalue weighted by molar-refractivity contribution is 5.93. The molecular weight excluding hydrogens is 687 g/mol. The molecule has 12 rings (SSSR count). The summed E-state index contributed by atoms with van der Waals surface area (Å²) in [5.74, 6) is 3.46. The van der Waals surface area contributed by atoms with E-state index in [-0.39, 0.29) is 27.1 Å². The lowest BCUT2D eigenvalue weighted by Gasteiger charge is -2.76. The van der Waals surface area contributed by atoms with E-state index >= 15 is 0 Å². The Hall–Kier alpha value is -4.10. The second-order valence-corrected chi connectivity index (χ2v) is 22.7. The van der Waals surface area contributed by atoms with E-state index < -0.39 is 0 Å². The molecule has 0 saturated heterocycles. The summed E-state index contributed by atoms with van der Waals surface area (Å²) in [6, 6.07) is 41.5. The smallest absolute Gasteiger partial charge is 0.0468 e. The number of fused-ring (bicyclic) bond motifs is 10. The van der Waals surface area contributed by atoms with Crippen LogP contribution in [0.15, 0.2) is 103 Å². The Kier molecular flexibility index (Phi) is 6.69. The lowest BCUT2D eigenvalue weighted by molar-refractivity contribution is -0.231. The SMILES string of the molecule is CC1(C)CCC(C)(C)c2cc(N(c3ccc4c(c3)-c3cccc(-c5ccccc5)c3C43C4CC5CC6CC3C64C5)c3ccc4c(c3)C(C)(C)CCC4(C)C)ccc21. The summed E-state index contributed by atoms with van der Waals surface area (Å²) in [4.78, 5) is 2.64. The number of nitrogens with zero attached hydrogens (tertiary/aromatic N) is 1. The van der Waals surface area contributed by atoms with Crippen molar-refractivity contribution in [2.75, 3.05) is 4.90 Å². The normalized spacial score (nSPS) is 31.6. The van der Waals surface area contributed by atoms with Gasteiger partial charge in [-0.2, -0.15) is 0 Å². The molecule has 6 unspecified atom stereocenters. The van der Waals surface area contributed by atoms with E-state index in [2.05, 4.69) is 163 Å². The average molecular weight is 748 g/mol. The maximum Gasteiger partial charge on any atom is 0.0468 e. The zero-order chi connectivity index (χ0) is 39.1. The van der Waals surface area contributed by atoms with Crippen molar-refractivity contribution in [1.82, 2.24) is 0 Å². The fourth-order valence-electron chi connectivity index (χ4n) is 15.3. The molecular formula is C56H61N. The molecule has 0 heterocycles. The highest BCUT2D eigenvalue weighted by atomic mass is 15.1. The molecule has 0 aromatic heterocycles. The number of rotatable bonds is 4. The Balaban J connectivity index is 1.09. The molecule has 0 N–H and O–H groups in total. The number of hydrogen-bond acceptors (Lipinski definition) is 1. The Morgan fingerprint density at radius 3 is 1.58 bits per heavy atom. The molecule has 2 spiro atoms. The monoisotopic (exact) mass is 747 g/mol. The quantitative estimate of drug-likeness (QED) is 0.177. The molecule has 7 aliphatic rings. The predicted octanol–water partition coefficient (Wildman–Crippen LogP) is 14.9. The molecule has 7 aliphatic carbocycles. The molecule has 6 atom stereocenters. The largest absolute Gasteiger partial charge is 0.310 e. The van der Waals surface area contributed by atoms with Gasteiger partial charge in [0.1, 0.15) is 0 Å². The summed E-state index contributed by atoms with van der Waals surface area (Å²) in [6.07, 6.45) is 10.7. The first kappa shape index (κ1) is 34.9. The van der Waals surface area contributed by atoms with E-state index in [9.17, 15) is 0 Å². The molecule has 0 radical (unpaired) electrons. The Morgan fingerprint density at radius 2 is 0.982 bits per heavy atom. The maximum absolute atomic E-state index is 2.64. The van der Waals surface area contributed by atoms with Crippen LogP contribution in [0.25, 0.3) is 22.3 Å². The van der Waals surface area contributed by atoms with Crippen LogP contribution in [0, 0.1) is 29.1 Å². The first-order valence-corrected chi connectivity index (χ1v) is 22.6. The summed E-state index contributed by atoms with van der Waals surface area (Å²) in [5.41, 5.74) is 20.5. The standard InChI is InChI=1S/C56H61N/c1-51(2)23-25-53(5,6)46-31-38(18-21-44(46)51)57(39-19-22-45-47(32-39)54(7,8)26-24-52(45,3)4)37-17-20-43-42(30-37)41-16-12-15-40(35-13-10-9-11-14-35)50(41)56(43)48-28-34-27-36-29-49(56)55(36,48)33-34/h9-22,30-32,34,36,48-49H,23-29,33H2,1-8H3. The fraction of sp³-hybridized carbons (Fsp3) is 0.464. The average Bonchev–Trinajstić information content (AvgIpc) is 3.83. The third-order valence-electron chi connectivity index (χ3n) is 18.3. The molecule has 0 aliphatic heterocycles. The molecule has 5 aromatic carbocycles. The van der Waals surface area contributed by atoms with Crippen LogP contribution in [-0.2, 0) is 27.1 Å². The zero-order valence-corrected chi connectivity index (χ0v) is 35.7. The number of benzene rings is 5. The topological polar surface area (TPSA) is 3.24 Å². The Labute approximate surface area is 342 Å². The minimum Gasteiger partial charge on any atom is -0.310 e. The molecule has 4 fully saturated rings. The van der Waals surface area contributed by atoms with Gasteiger partial charge in [-0.25, -0.2) is 0 Å². The summed E-state index contributed by atoms with van der Waals surface area (Å²) >= 11 is 0. The highest BCUT2D eigenvalue weighted by Gasteiger charge is 2.84. The number of hydrogen-bond donors (Lipinski definition) is 0. The first-order chi connectivity index (χ1) is 27.2. The fourth-order valence-corrected chi connectivity index (χ4v) is 15.3. The van der Waals surface area contributed by atoms with Crippen LogP contribution in [0.1, 0.15) is 140 Å². The van der Waals surface area contributed by atoms with Crippen molar-refractivity contribution in [1.29, 1.82) is 0 Å². The van der Waals surface area contributed by atoms with Gasteiger partial charge in [-0.05, 0) is 194 Å². The molecule has 1 heteroatoms. The van der Waals surface area contributed by atoms with Crippen molar-refractivity contribution in [3.8, 4) is 22.3 Å².